The zero-order chi connectivity index (χ0) is 20.2. The summed E-state index contributed by atoms with van der Waals surface area (Å²) in [5.74, 6) is 2.18. The highest BCUT2D eigenvalue weighted by molar-refractivity contribution is 7.89. The number of ether oxygens (including phenoxy) is 1. The Morgan fingerprint density at radius 2 is 1.66 bits per heavy atom. The number of hydrogen-bond donors (Lipinski definition) is 1. The monoisotopic (exact) mass is 418 g/mol. The molecule has 6 nitrogen and oxygen atoms in total. The minimum Gasteiger partial charge on any atom is -0.379 e. The van der Waals surface area contributed by atoms with Crippen LogP contribution in [0.5, 0.6) is 0 Å². The summed E-state index contributed by atoms with van der Waals surface area (Å²) in [6, 6.07) is 5.26. The Kier molecular flexibility index (Phi) is 4.76. The minimum atomic E-state index is -3.59. The summed E-state index contributed by atoms with van der Waals surface area (Å²) in [6.07, 6.45) is 6.86. The van der Waals surface area contributed by atoms with E-state index in [0.717, 1.165) is 19.3 Å². The van der Waals surface area contributed by atoms with Gasteiger partial charge in [0.25, 0.3) is 0 Å². The molecule has 5 aliphatic rings. The number of hydrogen-bond acceptors (Lipinski definition) is 4. The highest BCUT2D eigenvalue weighted by atomic mass is 32.2. The van der Waals surface area contributed by atoms with Gasteiger partial charge in [0.05, 0.1) is 23.5 Å². The molecule has 158 valence electrons. The molecule has 5 fully saturated rings. The van der Waals surface area contributed by atoms with Gasteiger partial charge < -0.3 is 10.1 Å². The predicted molar refractivity (Wildman–Crippen MR) is 110 cm³/mol. The van der Waals surface area contributed by atoms with E-state index in [1.54, 1.807) is 19.1 Å². The summed E-state index contributed by atoms with van der Waals surface area (Å²) in [6.45, 7) is 3.37. The van der Waals surface area contributed by atoms with E-state index in [4.69, 9.17) is 4.74 Å². The molecule has 4 bridgehead atoms. The molecule has 1 aromatic rings. The lowest BCUT2D eigenvalue weighted by Crippen LogP contribution is -2.51. The Balaban J connectivity index is 1.38. The number of carbonyl (C=O) groups excluding carboxylic acids is 1. The normalized spacial score (nSPS) is 34.3. The molecule has 0 aromatic heterocycles. The number of nitrogens with zero attached hydrogens (tertiary/aromatic N) is 1. The van der Waals surface area contributed by atoms with Crippen LogP contribution in [0.2, 0.25) is 0 Å². The molecule has 1 saturated heterocycles. The van der Waals surface area contributed by atoms with Gasteiger partial charge in [-0.25, -0.2) is 8.42 Å². The fourth-order valence-electron chi connectivity index (χ4n) is 6.53. The number of amides is 1. The van der Waals surface area contributed by atoms with Gasteiger partial charge in [0, 0.05) is 18.8 Å². The number of morpholine rings is 1. The van der Waals surface area contributed by atoms with Crippen molar-refractivity contribution in [3.8, 4) is 0 Å². The predicted octanol–water partition coefficient (Wildman–Crippen LogP) is 3.17. The Morgan fingerprint density at radius 3 is 2.24 bits per heavy atom. The van der Waals surface area contributed by atoms with Crippen LogP contribution in [0.25, 0.3) is 0 Å². The van der Waals surface area contributed by atoms with Crippen molar-refractivity contribution in [3.05, 3.63) is 23.8 Å². The van der Waals surface area contributed by atoms with E-state index in [-0.39, 0.29) is 16.2 Å². The average Bonchev–Trinajstić information content (AvgIpc) is 2.69. The minimum absolute atomic E-state index is 0.0928. The fraction of sp³-hybridized carbons (Fsp3) is 0.682. The maximum absolute atomic E-state index is 13.3. The number of anilines is 1. The summed E-state index contributed by atoms with van der Waals surface area (Å²) >= 11 is 0. The molecule has 0 atom stereocenters. The van der Waals surface area contributed by atoms with Crippen LogP contribution in [0.3, 0.4) is 0 Å². The molecule has 0 unspecified atom stereocenters. The Bertz CT molecular complexity index is 885. The topological polar surface area (TPSA) is 75.7 Å². The third-order valence-corrected chi connectivity index (χ3v) is 9.59. The maximum atomic E-state index is 13.3. The fourth-order valence-corrected chi connectivity index (χ4v) is 8.19. The molecule has 1 aromatic carbocycles. The average molecular weight is 419 g/mol. The Hall–Kier alpha value is -1.44. The Morgan fingerprint density at radius 1 is 1.07 bits per heavy atom. The van der Waals surface area contributed by atoms with E-state index >= 15 is 0 Å². The largest absolute Gasteiger partial charge is 0.379 e. The van der Waals surface area contributed by atoms with E-state index in [1.807, 2.05) is 6.07 Å². The highest BCUT2D eigenvalue weighted by Crippen LogP contribution is 2.60. The zero-order valence-corrected chi connectivity index (χ0v) is 17.8. The van der Waals surface area contributed by atoms with E-state index in [9.17, 15) is 13.2 Å². The second-order valence-electron chi connectivity index (χ2n) is 9.65. The molecule has 1 amide bonds. The standard InChI is InChI=1S/C22H30N2O4S/c1-15-2-3-19(11-20(15)29(26,27)24-4-6-28-7-5-24)23-21(25)22-12-16-8-17(13-22)10-18(9-16)14-22/h2-3,11,16-18H,4-10,12-14H2,1H3,(H,23,25). The molecule has 4 aliphatic carbocycles. The van der Waals surface area contributed by atoms with Gasteiger partial charge in [0.15, 0.2) is 0 Å². The summed E-state index contributed by atoms with van der Waals surface area (Å²) in [7, 11) is -3.59. The SMILES string of the molecule is Cc1ccc(NC(=O)C23CC4CC(CC(C4)C2)C3)cc1S(=O)(=O)N1CCOCC1. The van der Waals surface area contributed by atoms with Gasteiger partial charge in [0.2, 0.25) is 15.9 Å². The lowest BCUT2D eigenvalue weighted by molar-refractivity contribution is -0.140. The molecule has 29 heavy (non-hydrogen) atoms. The van der Waals surface area contributed by atoms with E-state index in [0.29, 0.717) is 55.3 Å². The van der Waals surface area contributed by atoms with Crippen molar-refractivity contribution in [3.63, 3.8) is 0 Å². The van der Waals surface area contributed by atoms with Gasteiger partial charge in [0.1, 0.15) is 0 Å². The molecule has 0 spiro atoms. The third kappa shape index (κ3) is 3.41. The van der Waals surface area contributed by atoms with Crippen molar-refractivity contribution < 1.29 is 17.9 Å². The quantitative estimate of drug-likeness (QED) is 0.815. The van der Waals surface area contributed by atoms with Crippen LogP contribution in [0.15, 0.2) is 23.1 Å². The first-order chi connectivity index (χ1) is 13.9. The number of benzene rings is 1. The van der Waals surface area contributed by atoms with Crippen molar-refractivity contribution in [1.29, 1.82) is 0 Å². The van der Waals surface area contributed by atoms with Gasteiger partial charge in [-0.2, -0.15) is 4.31 Å². The highest BCUT2D eigenvalue weighted by Gasteiger charge is 2.54. The van der Waals surface area contributed by atoms with E-state index in [2.05, 4.69) is 5.32 Å². The number of aryl methyl sites for hydroxylation is 1. The van der Waals surface area contributed by atoms with Gasteiger partial charge in [-0.3, -0.25) is 4.79 Å². The second kappa shape index (κ2) is 7.06. The van der Waals surface area contributed by atoms with Crippen molar-refractivity contribution in [2.24, 2.45) is 23.2 Å². The third-order valence-electron chi connectivity index (χ3n) is 7.55. The zero-order valence-electron chi connectivity index (χ0n) is 17.0. The van der Waals surface area contributed by atoms with Crippen LogP contribution in [-0.4, -0.2) is 44.9 Å². The smallest absolute Gasteiger partial charge is 0.243 e. The molecular formula is C22H30N2O4S. The molecule has 1 aliphatic heterocycles. The second-order valence-corrected chi connectivity index (χ2v) is 11.6. The van der Waals surface area contributed by atoms with Crippen LogP contribution in [-0.2, 0) is 19.6 Å². The molecule has 6 rings (SSSR count). The van der Waals surface area contributed by atoms with Crippen molar-refractivity contribution in [1.82, 2.24) is 4.31 Å². The van der Waals surface area contributed by atoms with Crippen molar-refractivity contribution >= 4 is 21.6 Å². The van der Waals surface area contributed by atoms with Crippen LogP contribution >= 0.6 is 0 Å². The molecule has 1 heterocycles. The van der Waals surface area contributed by atoms with E-state index < -0.39 is 10.0 Å². The summed E-state index contributed by atoms with van der Waals surface area (Å²) in [5.41, 5.74) is 1.04. The molecular weight excluding hydrogens is 388 g/mol. The molecule has 7 heteroatoms. The van der Waals surface area contributed by atoms with Crippen molar-refractivity contribution in [2.45, 2.75) is 50.3 Å². The maximum Gasteiger partial charge on any atom is 0.243 e. The van der Waals surface area contributed by atoms with Crippen LogP contribution < -0.4 is 5.32 Å². The van der Waals surface area contributed by atoms with E-state index in [1.165, 1.54) is 23.6 Å². The van der Waals surface area contributed by atoms with Gasteiger partial charge in [-0.15, -0.1) is 0 Å². The number of nitrogens with one attached hydrogen (secondary N) is 1. The lowest BCUT2D eigenvalue weighted by atomic mass is 9.49. The summed E-state index contributed by atoms with van der Waals surface area (Å²) in [5, 5.41) is 3.09. The molecule has 4 saturated carbocycles. The van der Waals surface area contributed by atoms with Crippen molar-refractivity contribution in [2.75, 3.05) is 31.6 Å². The van der Waals surface area contributed by atoms with Crippen LogP contribution in [0, 0.1) is 30.1 Å². The first-order valence-corrected chi connectivity index (χ1v) is 12.3. The summed E-state index contributed by atoms with van der Waals surface area (Å²) in [4.78, 5) is 13.6. The first-order valence-electron chi connectivity index (χ1n) is 10.9. The number of rotatable bonds is 4. The van der Waals surface area contributed by atoms with Gasteiger partial charge >= 0.3 is 0 Å². The molecule has 0 radical (unpaired) electrons. The summed E-state index contributed by atoms with van der Waals surface area (Å²) < 4.78 is 33.0. The van der Waals surface area contributed by atoms with Crippen LogP contribution in [0.1, 0.15) is 44.1 Å². The number of sulfonamides is 1. The Labute approximate surface area is 173 Å². The van der Waals surface area contributed by atoms with Gasteiger partial charge in [-0.1, -0.05) is 6.07 Å². The van der Waals surface area contributed by atoms with Gasteiger partial charge in [-0.05, 0) is 80.9 Å². The number of carbonyl (C=O) groups is 1. The molecule has 1 N–H and O–H groups in total. The first kappa shape index (κ1) is 19.5. The van der Waals surface area contributed by atoms with Crippen LogP contribution in [0.4, 0.5) is 5.69 Å². The lowest BCUT2D eigenvalue weighted by Gasteiger charge is -2.55.